The topological polar surface area (TPSA) is 92.1 Å². The van der Waals surface area contributed by atoms with Crippen molar-refractivity contribution in [2.75, 3.05) is 0 Å². The van der Waals surface area contributed by atoms with E-state index in [-0.39, 0.29) is 0 Å². The van der Waals surface area contributed by atoms with Crippen LogP contribution in [0.2, 0.25) is 0 Å². The van der Waals surface area contributed by atoms with Gasteiger partial charge >= 0.3 is 0 Å². The van der Waals surface area contributed by atoms with E-state index in [9.17, 15) is 0 Å². The molecule has 5 aromatic carbocycles. The third-order valence-electron chi connectivity index (χ3n) is 10.1. The first-order valence-electron chi connectivity index (χ1n) is 18.1. The number of para-hydroxylation sites is 1. The number of hydrogen-bond acceptors (Lipinski definition) is 6. The third kappa shape index (κ3) is 5.61. The zero-order valence-corrected chi connectivity index (χ0v) is 31.5. The molecule has 0 radical (unpaired) electrons. The molecule has 4 heterocycles. The molecule has 4 aromatic heterocycles. The summed E-state index contributed by atoms with van der Waals surface area (Å²) >= 11 is 3.93. The fourth-order valence-electron chi connectivity index (χ4n) is 7.50. The van der Waals surface area contributed by atoms with Crippen LogP contribution in [-0.2, 0) is 18.5 Å². The van der Waals surface area contributed by atoms with Gasteiger partial charge in [-0.25, -0.2) is 14.6 Å². The van der Waals surface area contributed by atoms with Crippen molar-refractivity contribution in [1.82, 2.24) is 44.5 Å². The van der Waals surface area contributed by atoms with Gasteiger partial charge in [0, 0.05) is 23.6 Å². The summed E-state index contributed by atoms with van der Waals surface area (Å²) in [6, 6.07) is 47.6. The normalized spacial score (nSPS) is 11.8. The third-order valence-corrected chi connectivity index (χ3v) is 10.8. The monoisotopic (exact) mass is 769 g/mol. The summed E-state index contributed by atoms with van der Waals surface area (Å²) < 4.78 is 5.00. The van der Waals surface area contributed by atoms with E-state index in [0.29, 0.717) is 12.4 Å². The Morgan fingerprint density at radius 3 is 2.04 bits per heavy atom. The summed E-state index contributed by atoms with van der Waals surface area (Å²) in [6.45, 7) is 4.93. The second-order valence-corrected chi connectivity index (χ2v) is 14.2. The molecule has 0 spiro atoms. The maximum Gasteiger partial charge on any atom is 0.207 e. The highest BCUT2D eigenvalue weighted by atomic mass is 79.9. The van der Waals surface area contributed by atoms with Crippen molar-refractivity contribution in [2.24, 2.45) is 0 Å². The standard InChI is InChI=1S/C44H36BrN9/c1-3-15-39-47-40-30(2)26-27-46-43(40)52(39)29-31-24-25-37-36(28-31)41(45)53(49-37)38-23-14-13-22-35(38)42-48-51-54(50-42)44(32-16-7-4-8-17-32,33-18-9-5-10-19-33)34-20-11-6-12-21-34/h4-14,16-28H,3,15,29H2,1-2H3. The highest BCUT2D eigenvalue weighted by molar-refractivity contribution is 9.10. The van der Waals surface area contributed by atoms with Crippen molar-refractivity contribution in [3.63, 3.8) is 0 Å². The molecule has 264 valence electrons. The van der Waals surface area contributed by atoms with E-state index in [0.717, 1.165) is 84.4 Å². The molecule has 9 rings (SSSR count). The van der Waals surface area contributed by atoms with Crippen LogP contribution in [-0.4, -0.2) is 44.5 Å². The number of aryl methyl sites for hydroxylation is 2. The first kappa shape index (κ1) is 33.6. The lowest BCUT2D eigenvalue weighted by molar-refractivity contribution is 0.396. The molecule has 10 heteroatoms. The molecule has 0 aliphatic carbocycles. The van der Waals surface area contributed by atoms with Gasteiger partial charge in [-0.15, -0.1) is 15.0 Å². The predicted octanol–water partition coefficient (Wildman–Crippen LogP) is 9.34. The van der Waals surface area contributed by atoms with Gasteiger partial charge in [0.2, 0.25) is 5.82 Å². The molecule has 0 atom stereocenters. The Morgan fingerprint density at radius 2 is 1.37 bits per heavy atom. The lowest BCUT2D eigenvalue weighted by Gasteiger charge is -2.34. The van der Waals surface area contributed by atoms with Crippen LogP contribution in [0.5, 0.6) is 0 Å². The van der Waals surface area contributed by atoms with E-state index in [1.807, 2.05) is 95.8 Å². The van der Waals surface area contributed by atoms with Crippen molar-refractivity contribution >= 4 is 38.0 Å². The maximum absolute atomic E-state index is 5.19. The number of rotatable bonds is 10. The van der Waals surface area contributed by atoms with Crippen molar-refractivity contribution in [1.29, 1.82) is 0 Å². The minimum Gasteiger partial charge on any atom is -0.308 e. The van der Waals surface area contributed by atoms with Crippen molar-refractivity contribution in [3.8, 4) is 17.1 Å². The van der Waals surface area contributed by atoms with Gasteiger partial charge in [-0.1, -0.05) is 116 Å². The van der Waals surface area contributed by atoms with E-state index in [2.05, 4.69) is 88.9 Å². The van der Waals surface area contributed by atoms with Gasteiger partial charge in [-0.2, -0.15) is 5.10 Å². The number of benzene rings is 5. The lowest BCUT2D eigenvalue weighted by atomic mass is 9.77. The second kappa shape index (κ2) is 13.9. The Labute approximate surface area is 321 Å². The van der Waals surface area contributed by atoms with Gasteiger partial charge in [-0.3, -0.25) is 0 Å². The van der Waals surface area contributed by atoms with Crippen LogP contribution < -0.4 is 0 Å². The average Bonchev–Trinajstić information content (AvgIpc) is 3.94. The van der Waals surface area contributed by atoms with Gasteiger partial charge < -0.3 is 4.57 Å². The number of imidazole rings is 1. The Hall–Kier alpha value is -6.26. The summed E-state index contributed by atoms with van der Waals surface area (Å²) in [7, 11) is 0. The molecule has 54 heavy (non-hydrogen) atoms. The Morgan fingerprint density at radius 1 is 0.722 bits per heavy atom. The van der Waals surface area contributed by atoms with Gasteiger partial charge in [0.15, 0.2) is 11.2 Å². The summed E-state index contributed by atoms with van der Waals surface area (Å²) in [5, 5.41) is 20.8. The molecule has 0 saturated carbocycles. The molecule has 0 amide bonds. The minimum atomic E-state index is -0.882. The van der Waals surface area contributed by atoms with Crippen molar-refractivity contribution in [3.05, 3.63) is 184 Å². The molecule has 0 aliphatic rings. The number of fused-ring (bicyclic) bond motifs is 2. The number of pyridine rings is 1. The Balaban J connectivity index is 1.14. The number of nitrogens with zero attached hydrogens (tertiary/aromatic N) is 9. The fourth-order valence-corrected chi connectivity index (χ4v) is 8.09. The van der Waals surface area contributed by atoms with Crippen molar-refractivity contribution in [2.45, 2.75) is 38.8 Å². The smallest absolute Gasteiger partial charge is 0.207 e. The Bertz CT molecular complexity index is 2640. The molecule has 9 nitrogen and oxygen atoms in total. The lowest BCUT2D eigenvalue weighted by Crippen LogP contribution is -2.39. The van der Waals surface area contributed by atoms with Crippen LogP contribution >= 0.6 is 15.9 Å². The van der Waals surface area contributed by atoms with Crippen LogP contribution in [0.15, 0.2) is 150 Å². The van der Waals surface area contributed by atoms with Crippen LogP contribution in [0.4, 0.5) is 0 Å². The molecule has 0 aliphatic heterocycles. The van der Waals surface area contributed by atoms with Gasteiger partial charge in [0.25, 0.3) is 0 Å². The molecular formula is C44H36BrN9. The molecule has 0 bridgehead atoms. The van der Waals surface area contributed by atoms with E-state index >= 15 is 0 Å². The van der Waals surface area contributed by atoms with E-state index in [1.54, 1.807) is 4.80 Å². The number of hydrogen-bond donors (Lipinski definition) is 0. The Kier molecular flexibility index (Phi) is 8.67. The SMILES string of the molecule is CCCc1nc2c(C)ccnc2n1Cc1ccc2nn(-c3ccccc3-c3nnn(C(c4ccccc4)(c4ccccc4)c4ccccc4)n3)c(Br)c2c1. The predicted molar refractivity (Wildman–Crippen MR) is 216 cm³/mol. The molecule has 0 saturated heterocycles. The van der Waals surface area contributed by atoms with Crippen LogP contribution in [0.1, 0.15) is 47.0 Å². The quantitative estimate of drug-likeness (QED) is 0.129. The largest absolute Gasteiger partial charge is 0.308 e. The molecule has 0 unspecified atom stereocenters. The summed E-state index contributed by atoms with van der Waals surface area (Å²) in [4.78, 5) is 11.5. The number of halogens is 1. The van der Waals surface area contributed by atoms with Gasteiger partial charge in [-0.05, 0) is 92.6 Å². The summed E-state index contributed by atoms with van der Waals surface area (Å²) in [5.74, 6) is 1.54. The summed E-state index contributed by atoms with van der Waals surface area (Å²) in [6.07, 6.45) is 3.76. The van der Waals surface area contributed by atoms with E-state index in [1.165, 1.54) is 0 Å². The zero-order chi connectivity index (χ0) is 36.6. The van der Waals surface area contributed by atoms with Gasteiger partial charge in [0.1, 0.15) is 15.9 Å². The second-order valence-electron chi connectivity index (χ2n) is 13.4. The highest BCUT2D eigenvalue weighted by Gasteiger charge is 2.41. The molecule has 0 N–H and O–H groups in total. The first-order valence-corrected chi connectivity index (χ1v) is 18.9. The van der Waals surface area contributed by atoms with Crippen LogP contribution in [0.3, 0.4) is 0 Å². The fraction of sp³-hybridized carbons (Fsp3) is 0.136. The zero-order valence-electron chi connectivity index (χ0n) is 29.9. The maximum atomic E-state index is 5.19. The van der Waals surface area contributed by atoms with Crippen LogP contribution in [0, 0.1) is 6.92 Å². The van der Waals surface area contributed by atoms with E-state index in [4.69, 9.17) is 30.5 Å². The average molecular weight is 771 g/mol. The number of aromatic nitrogens is 9. The van der Waals surface area contributed by atoms with Crippen molar-refractivity contribution < 1.29 is 0 Å². The number of tetrazole rings is 1. The summed E-state index contributed by atoms with van der Waals surface area (Å²) in [5.41, 5.74) is 8.83. The molecular weight excluding hydrogens is 734 g/mol. The van der Waals surface area contributed by atoms with Crippen LogP contribution in [0.25, 0.3) is 39.1 Å². The molecule has 9 aromatic rings. The van der Waals surface area contributed by atoms with E-state index < -0.39 is 5.54 Å². The highest BCUT2D eigenvalue weighted by Crippen LogP contribution is 2.40. The van der Waals surface area contributed by atoms with Gasteiger partial charge in [0.05, 0.1) is 17.7 Å². The molecule has 0 fully saturated rings. The first-order chi connectivity index (χ1) is 26.6. The minimum absolute atomic E-state index is 0.489.